The fourth-order valence-corrected chi connectivity index (χ4v) is 5.47. The minimum Gasteiger partial charge on any atom is -0.335 e. The van der Waals surface area contributed by atoms with Gasteiger partial charge in [-0.05, 0) is 31.0 Å². The minimum absolute atomic E-state index is 0.0656. The van der Waals surface area contributed by atoms with E-state index < -0.39 is 22.0 Å². The van der Waals surface area contributed by atoms with E-state index >= 15 is 0 Å². The molecule has 4 rings (SSSR count). The molecule has 1 unspecified atom stereocenters. The van der Waals surface area contributed by atoms with E-state index in [2.05, 4.69) is 0 Å². The average molecular weight is 388 g/mol. The normalized spacial score (nSPS) is 25.4. The molecule has 8 nitrogen and oxygen atoms in total. The molecule has 2 heterocycles. The van der Waals surface area contributed by atoms with Crippen LogP contribution in [0.1, 0.15) is 28.8 Å². The first-order valence-electron chi connectivity index (χ1n) is 9.00. The molecule has 1 atom stereocenters. The van der Waals surface area contributed by atoms with Crippen molar-refractivity contribution in [1.82, 2.24) is 14.1 Å². The maximum Gasteiger partial charge on any atom is 0.255 e. The number of carbonyl (C=O) groups is 2. The van der Waals surface area contributed by atoms with E-state index in [0.29, 0.717) is 43.6 Å². The van der Waals surface area contributed by atoms with E-state index in [1.807, 2.05) is 11.0 Å². The highest BCUT2D eigenvalue weighted by Crippen LogP contribution is 2.32. The van der Waals surface area contributed by atoms with Gasteiger partial charge in [0.25, 0.3) is 11.8 Å². The molecule has 0 spiro atoms. The maximum absolute atomic E-state index is 13.0. The Morgan fingerprint density at radius 2 is 1.96 bits per heavy atom. The summed E-state index contributed by atoms with van der Waals surface area (Å²) in [6.07, 6.45) is 1.42. The quantitative estimate of drug-likeness (QED) is 0.708. The predicted molar refractivity (Wildman–Crippen MR) is 96.1 cm³/mol. The molecule has 0 aromatic heterocycles. The van der Waals surface area contributed by atoms with Crippen molar-refractivity contribution in [3.05, 3.63) is 35.4 Å². The van der Waals surface area contributed by atoms with Gasteiger partial charge in [-0.25, -0.2) is 12.7 Å². The van der Waals surface area contributed by atoms with Crippen molar-refractivity contribution in [2.75, 3.05) is 31.9 Å². The van der Waals surface area contributed by atoms with E-state index in [0.717, 1.165) is 4.31 Å². The molecule has 1 aromatic rings. The van der Waals surface area contributed by atoms with Crippen molar-refractivity contribution in [3.8, 4) is 6.07 Å². The highest BCUT2D eigenvalue weighted by molar-refractivity contribution is 7.89. The Kier molecular flexibility index (Phi) is 4.40. The highest BCUT2D eigenvalue weighted by atomic mass is 32.2. The third kappa shape index (κ3) is 3.31. The molecule has 1 aliphatic carbocycles. The SMILES string of the molecule is N#Cc1cccc(C(=O)N2CCN3CCS(=O)(=O)N(C4CC4)C(=O)C3C2)c1. The number of rotatable bonds is 2. The second-order valence-corrected chi connectivity index (χ2v) is 9.14. The molecule has 2 amide bonds. The molecule has 0 N–H and O–H groups in total. The van der Waals surface area contributed by atoms with Crippen LogP contribution in [-0.2, 0) is 14.8 Å². The van der Waals surface area contributed by atoms with Crippen molar-refractivity contribution in [3.63, 3.8) is 0 Å². The second-order valence-electron chi connectivity index (χ2n) is 7.18. The lowest BCUT2D eigenvalue weighted by Crippen LogP contribution is -2.59. The standard InChI is InChI=1S/C18H20N4O4S/c19-11-13-2-1-3-14(10-13)17(23)21-7-6-20-8-9-27(25,26)22(15-4-5-15)18(24)16(20)12-21/h1-3,10,15-16H,4-9,12H2. The van der Waals surface area contributed by atoms with Gasteiger partial charge in [0.2, 0.25) is 10.0 Å². The van der Waals surface area contributed by atoms with Gasteiger partial charge in [-0.2, -0.15) is 5.26 Å². The van der Waals surface area contributed by atoms with Gasteiger partial charge in [0, 0.05) is 37.8 Å². The van der Waals surface area contributed by atoms with E-state index in [4.69, 9.17) is 5.26 Å². The number of nitrogens with zero attached hydrogens (tertiary/aromatic N) is 4. The van der Waals surface area contributed by atoms with Crippen LogP contribution in [0.25, 0.3) is 0 Å². The van der Waals surface area contributed by atoms with Crippen molar-refractivity contribution in [2.24, 2.45) is 0 Å². The van der Waals surface area contributed by atoms with Gasteiger partial charge in [-0.3, -0.25) is 14.5 Å². The third-order valence-corrected chi connectivity index (χ3v) is 7.11. The van der Waals surface area contributed by atoms with Crippen LogP contribution in [0.2, 0.25) is 0 Å². The van der Waals surface area contributed by atoms with Gasteiger partial charge in [-0.15, -0.1) is 0 Å². The van der Waals surface area contributed by atoms with Crippen molar-refractivity contribution < 1.29 is 18.0 Å². The Bertz CT molecular complexity index is 935. The summed E-state index contributed by atoms with van der Waals surface area (Å²) in [6, 6.07) is 7.61. The minimum atomic E-state index is -3.60. The van der Waals surface area contributed by atoms with Crippen LogP contribution < -0.4 is 0 Å². The van der Waals surface area contributed by atoms with Gasteiger partial charge in [0.15, 0.2) is 0 Å². The zero-order chi connectivity index (χ0) is 19.2. The molecule has 3 fully saturated rings. The molecule has 0 radical (unpaired) electrons. The van der Waals surface area contributed by atoms with Gasteiger partial charge in [-0.1, -0.05) is 6.07 Å². The van der Waals surface area contributed by atoms with Crippen LogP contribution >= 0.6 is 0 Å². The highest BCUT2D eigenvalue weighted by Gasteiger charge is 2.48. The van der Waals surface area contributed by atoms with Crippen LogP contribution in [0, 0.1) is 11.3 Å². The van der Waals surface area contributed by atoms with Crippen LogP contribution in [0.5, 0.6) is 0 Å². The summed E-state index contributed by atoms with van der Waals surface area (Å²) in [6.45, 7) is 1.33. The first-order valence-corrected chi connectivity index (χ1v) is 10.6. The predicted octanol–water partition coefficient (Wildman–Crippen LogP) is 0.0191. The summed E-state index contributed by atoms with van der Waals surface area (Å²) in [4.78, 5) is 29.3. The number of hydrogen-bond donors (Lipinski definition) is 0. The number of benzene rings is 1. The number of fused-ring (bicyclic) bond motifs is 1. The summed E-state index contributed by atoms with van der Waals surface area (Å²) in [5.41, 5.74) is 0.797. The maximum atomic E-state index is 13.0. The number of hydrogen-bond acceptors (Lipinski definition) is 6. The Morgan fingerprint density at radius 1 is 1.19 bits per heavy atom. The summed E-state index contributed by atoms with van der Waals surface area (Å²) >= 11 is 0. The van der Waals surface area contributed by atoms with E-state index in [1.165, 1.54) is 6.07 Å². The van der Waals surface area contributed by atoms with Crippen molar-refractivity contribution >= 4 is 21.8 Å². The average Bonchev–Trinajstić information content (AvgIpc) is 3.50. The van der Waals surface area contributed by atoms with E-state index in [9.17, 15) is 18.0 Å². The number of nitriles is 1. The molecular formula is C18H20N4O4S. The number of piperazine rings is 1. The molecule has 1 saturated carbocycles. The lowest BCUT2D eigenvalue weighted by Gasteiger charge is -2.39. The topological polar surface area (TPSA) is 102 Å². The Morgan fingerprint density at radius 3 is 2.67 bits per heavy atom. The summed E-state index contributed by atoms with van der Waals surface area (Å²) in [7, 11) is -3.60. The zero-order valence-electron chi connectivity index (χ0n) is 14.7. The molecular weight excluding hydrogens is 368 g/mol. The summed E-state index contributed by atoms with van der Waals surface area (Å²) in [5, 5.41) is 9.02. The lowest BCUT2D eigenvalue weighted by atomic mass is 10.1. The Balaban J connectivity index is 1.58. The summed E-state index contributed by atoms with van der Waals surface area (Å²) < 4.78 is 26.1. The molecule has 1 aromatic carbocycles. The first kappa shape index (κ1) is 17.9. The molecule has 142 valence electrons. The Hall–Kier alpha value is -2.44. The fraction of sp³-hybridized carbons (Fsp3) is 0.500. The third-order valence-electron chi connectivity index (χ3n) is 5.33. The second kappa shape index (κ2) is 6.62. The fourth-order valence-electron chi connectivity index (χ4n) is 3.74. The number of sulfonamides is 1. The summed E-state index contributed by atoms with van der Waals surface area (Å²) in [5.74, 6) is -0.730. The molecule has 27 heavy (non-hydrogen) atoms. The van der Waals surface area contributed by atoms with Crippen LogP contribution in [0.4, 0.5) is 0 Å². The molecule has 0 bridgehead atoms. The zero-order valence-corrected chi connectivity index (χ0v) is 15.6. The van der Waals surface area contributed by atoms with Crippen LogP contribution in [0.3, 0.4) is 0 Å². The first-order chi connectivity index (χ1) is 12.9. The van der Waals surface area contributed by atoms with Crippen molar-refractivity contribution in [1.29, 1.82) is 5.26 Å². The van der Waals surface area contributed by atoms with Gasteiger partial charge >= 0.3 is 0 Å². The molecule has 9 heteroatoms. The van der Waals surface area contributed by atoms with Gasteiger partial charge in [0.05, 0.1) is 17.4 Å². The van der Waals surface area contributed by atoms with Gasteiger partial charge in [0.1, 0.15) is 6.04 Å². The van der Waals surface area contributed by atoms with E-state index in [-0.39, 0.29) is 24.2 Å². The smallest absolute Gasteiger partial charge is 0.255 e. The van der Waals surface area contributed by atoms with Crippen LogP contribution in [0.15, 0.2) is 24.3 Å². The lowest BCUT2D eigenvalue weighted by molar-refractivity contribution is -0.133. The Labute approximate surface area is 158 Å². The monoisotopic (exact) mass is 388 g/mol. The molecule has 3 aliphatic rings. The van der Waals surface area contributed by atoms with Crippen LogP contribution in [-0.4, -0.2) is 78.4 Å². The van der Waals surface area contributed by atoms with E-state index in [1.54, 1.807) is 23.1 Å². The largest absolute Gasteiger partial charge is 0.335 e. The van der Waals surface area contributed by atoms with Crippen molar-refractivity contribution in [2.45, 2.75) is 24.9 Å². The molecule has 2 aliphatic heterocycles. The number of amides is 2. The number of carbonyl (C=O) groups excluding carboxylic acids is 2. The van der Waals surface area contributed by atoms with Gasteiger partial charge < -0.3 is 4.90 Å². The molecule has 2 saturated heterocycles.